The van der Waals surface area contributed by atoms with Crippen molar-refractivity contribution in [3.63, 3.8) is 0 Å². The van der Waals surface area contributed by atoms with Gasteiger partial charge in [0, 0.05) is 22.7 Å². The molecule has 0 N–H and O–H groups in total. The van der Waals surface area contributed by atoms with Gasteiger partial charge >= 0.3 is 0 Å². The van der Waals surface area contributed by atoms with Crippen molar-refractivity contribution in [2.45, 2.75) is 18.9 Å². The fraction of sp³-hybridized carbons (Fsp3) is 0.188. The van der Waals surface area contributed by atoms with Crippen molar-refractivity contribution in [1.29, 1.82) is 0 Å². The van der Waals surface area contributed by atoms with Gasteiger partial charge in [0.05, 0.1) is 5.69 Å². The maximum Gasteiger partial charge on any atom is 0.190 e. The van der Waals surface area contributed by atoms with E-state index in [0.717, 1.165) is 23.4 Å². The molecule has 4 rings (SSSR count). The summed E-state index contributed by atoms with van der Waals surface area (Å²) in [6.45, 7) is 2.02. The second kappa shape index (κ2) is 3.40. The highest BCUT2D eigenvalue weighted by molar-refractivity contribution is 6.31. The molecule has 0 aromatic heterocycles. The Labute approximate surface area is 116 Å². The number of hydrogen-bond acceptors (Lipinski definition) is 2. The molecule has 1 unspecified atom stereocenters. The van der Waals surface area contributed by atoms with Crippen LogP contribution >= 0.6 is 11.6 Å². The molecule has 19 heavy (non-hydrogen) atoms. The van der Waals surface area contributed by atoms with Crippen LogP contribution in [0, 0.1) is 0 Å². The Kier molecular flexibility index (Phi) is 1.98. The molecule has 2 aliphatic rings. The molecule has 0 bridgehead atoms. The first-order valence-electron chi connectivity index (χ1n) is 6.34. The van der Waals surface area contributed by atoms with E-state index < -0.39 is 5.54 Å². The number of ketones is 1. The number of nitrogens with zero attached hydrogens (tertiary/aromatic N) is 1. The lowest BCUT2D eigenvalue weighted by Gasteiger charge is -2.28. The molecule has 1 atom stereocenters. The van der Waals surface area contributed by atoms with Gasteiger partial charge in [-0.25, -0.2) is 0 Å². The Balaban J connectivity index is 2.02. The Morgan fingerprint density at radius 2 is 1.95 bits per heavy atom. The lowest BCUT2D eigenvalue weighted by molar-refractivity contribution is 0.0923. The third-order valence-corrected chi connectivity index (χ3v) is 4.43. The molecule has 3 heteroatoms. The van der Waals surface area contributed by atoms with E-state index in [1.54, 1.807) is 6.07 Å². The Morgan fingerprint density at radius 3 is 2.79 bits per heavy atom. The third-order valence-electron chi connectivity index (χ3n) is 4.19. The highest BCUT2D eigenvalue weighted by Crippen LogP contribution is 2.51. The van der Waals surface area contributed by atoms with Crippen molar-refractivity contribution < 1.29 is 4.79 Å². The molecule has 2 aromatic carbocycles. The van der Waals surface area contributed by atoms with E-state index >= 15 is 0 Å². The number of fused-ring (bicyclic) bond motifs is 5. The van der Waals surface area contributed by atoms with Gasteiger partial charge in [0.2, 0.25) is 0 Å². The molecule has 0 radical (unpaired) electrons. The molecule has 2 heterocycles. The van der Waals surface area contributed by atoms with Gasteiger partial charge in [0.25, 0.3) is 0 Å². The zero-order valence-corrected chi connectivity index (χ0v) is 11.2. The quantitative estimate of drug-likeness (QED) is 0.721. The largest absolute Gasteiger partial charge is 0.327 e. The number of hydrogen-bond donors (Lipinski definition) is 0. The van der Waals surface area contributed by atoms with Gasteiger partial charge in [0.15, 0.2) is 5.78 Å². The molecule has 2 aliphatic heterocycles. The monoisotopic (exact) mass is 269 g/mol. The summed E-state index contributed by atoms with van der Waals surface area (Å²) in [5.41, 5.74) is 3.60. The minimum Gasteiger partial charge on any atom is -0.327 e. The van der Waals surface area contributed by atoms with Crippen LogP contribution in [0.25, 0.3) is 0 Å². The minimum absolute atomic E-state index is 0.168. The van der Waals surface area contributed by atoms with Crippen LogP contribution in [-0.2, 0) is 6.42 Å². The standard InChI is InChI=1S/C16H12ClNO/c1-16-9-10-4-2-3-5-13(10)18(16)14-7-6-11(17)8-12(14)15(16)19/h2-8H,9H2,1H3. The lowest BCUT2D eigenvalue weighted by Crippen LogP contribution is -2.42. The third kappa shape index (κ3) is 1.25. The zero-order valence-electron chi connectivity index (χ0n) is 10.5. The van der Waals surface area contributed by atoms with Gasteiger partial charge < -0.3 is 4.90 Å². The lowest BCUT2D eigenvalue weighted by atomic mass is 9.91. The normalized spacial score (nSPS) is 23.3. The number of anilines is 2. The first-order valence-corrected chi connectivity index (χ1v) is 6.71. The SMILES string of the molecule is CC12Cc3ccccc3N1c1ccc(Cl)cc1C2=O. The molecule has 0 saturated carbocycles. The molecular formula is C16H12ClNO. The zero-order chi connectivity index (χ0) is 13.2. The van der Waals surface area contributed by atoms with E-state index in [4.69, 9.17) is 11.6 Å². The Morgan fingerprint density at radius 1 is 1.16 bits per heavy atom. The molecular weight excluding hydrogens is 258 g/mol. The van der Waals surface area contributed by atoms with E-state index in [0.29, 0.717) is 5.02 Å². The fourth-order valence-electron chi connectivity index (χ4n) is 3.35. The number of Topliss-reactive ketones (excluding diaryl/α,β-unsaturated/α-hetero) is 1. The Bertz CT molecular complexity index is 724. The average Bonchev–Trinajstić information content (AvgIpc) is 2.81. The second-order valence-electron chi connectivity index (χ2n) is 5.41. The first-order chi connectivity index (χ1) is 9.11. The summed E-state index contributed by atoms with van der Waals surface area (Å²) in [7, 11) is 0. The summed E-state index contributed by atoms with van der Waals surface area (Å²) in [4.78, 5) is 14.9. The topological polar surface area (TPSA) is 20.3 Å². The van der Waals surface area contributed by atoms with Crippen LogP contribution in [0.2, 0.25) is 5.02 Å². The molecule has 0 fully saturated rings. The van der Waals surface area contributed by atoms with Crippen molar-refractivity contribution in [2.75, 3.05) is 4.90 Å². The van der Waals surface area contributed by atoms with E-state index in [1.165, 1.54) is 5.56 Å². The second-order valence-corrected chi connectivity index (χ2v) is 5.84. The van der Waals surface area contributed by atoms with Crippen molar-refractivity contribution in [1.82, 2.24) is 0 Å². The van der Waals surface area contributed by atoms with E-state index in [1.807, 2.05) is 31.2 Å². The summed E-state index contributed by atoms with van der Waals surface area (Å²) in [5.74, 6) is 0.168. The molecule has 0 amide bonds. The van der Waals surface area contributed by atoms with E-state index in [2.05, 4.69) is 17.0 Å². The maximum absolute atomic E-state index is 12.7. The number of carbonyl (C=O) groups is 1. The van der Waals surface area contributed by atoms with Crippen LogP contribution in [0.1, 0.15) is 22.8 Å². The molecule has 94 valence electrons. The van der Waals surface area contributed by atoms with Gasteiger partial charge in [-0.2, -0.15) is 0 Å². The van der Waals surface area contributed by atoms with E-state index in [9.17, 15) is 4.79 Å². The highest BCUT2D eigenvalue weighted by atomic mass is 35.5. The van der Waals surface area contributed by atoms with Crippen molar-refractivity contribution >= 4 is 28.8 Å². The van der Waals surface area contributed by atoms with Gasteiger partial charge in [-0.3, -0.25) is 4.79 Å². The first kappa shape index (κ1) is 11.1. The number of carbonyl (C=O) groups excluding carboxylic acids is 1. The smallest absolute Gasteiger partial charge is 0.190 e. The molecule has 0 spiro atoms. The van der Waals surface area contributed by atoms with Crippen molar-refractivity contribution in [3.8, 4) is 0 Å². The van der Waals surface area contributed by atoms with Crippen LogP contribution in [-0.4, -0.2) is 11.3 Å². The fourth-order valence-corrected chi connectivity index (χ4v) is 3.52. The summed E-state index contributed by atoms with van der Waals surface area (Å²) in [6.07, 6.45) is 0.758. The van der Waals surface area contributed by atoms with Crippen LogP contribution in [0.5, 0.6) is 0 Å². The average molecular weight is 270 g/mol. The number of rotatable bonds is 0. The maximum atomic E-state index is 12.7. The number of benzene rings is 2. The van der Waals surface area contributed by atoms with Gasteiger partial charge in [-0.05, 0) is 36.8 Å². The van der Waals surface area contributed by atoms with Crippen LogP contribution in [0.3, 0.4) is 0 Å². The van der Waals surface area contributed by atoms with Crippen LogP contribution < -0.4 is 4.90 Å². The molecule has 0 saturated heterocycles. The molecule has 2 nitrogen and oxygen atoms in total. The number of para-hydroxylation sites is 1. The summed E-state index contributed by atoms with van der Waals surface area (Å²) < 4.78 is 0. The van der Waals surface area contributed by atoms with Crippen molar-refractivity contribution in [3.05, 3.63) is 58.6 Å². The summed E-state index contributed by atoms with van der Waals surface area (Å²) >= 11 is 6.02. The van der Waals surface area contributed by atoms with Crippen LogP contribution in [0.4, 0.5) is 11.4 Å². The van der Waals surface area contributed by atoms with Gasteiger partial charge in [-0.1, -0.05) is 29.8 Å². The molecule has 0 aliphatic carbocycles. The molecule has 2 aromatic rings. The predicted octanol–water partition coefficient (Wildman–Crippen LogP) is 3.99. The summed E-state index contributed by atoms with van der Waals surface area (Å²) in [6, 6.07) is 13.8. The van der Waals surface area contributed by atoms with Crippen molar-refractivity contribution in [2.24, 2.45) is 0 Å². The van der Waals surface area contributed by atoms with E-state index in [-0.39, 0.29) is 5.78 Å². The van der Waals surface area contributed by atoms with Crippen LogP contribution in [0.15, 0.2) is 42.5 Å². The number of halogens is 1. The predicted molar refractivity (Wildman–Crippen MR) is 76.5 cm³/mol. The van der Waals surface area contributed by atoms with Gasteiger partial charge in [0.1, 0.15) is 5.54 Å². The highest BCUT2D eigenvalue weighted by Gasteiger charge is 2.52. The Hall–Kier alpha value is -1.80. The minimum atomic E-state index is -0.489. The summed E-state index contributed by atoms with van der Waals surface area (Å²) in [5, 5.41) is 0.616. The van der Waals surface area contributed by atoms with Gasteiger partial charge in [-0.15, -0.1) is 0 Å².